The molecule has 0 bridgehead atoms. The Morgan fingerprint density at radius 1 is 1.23 bits per heavy atom. The van der Waals surface area contributed by atoms with Crippen LogP contribution in [0, 0.1) is 6.92 Å². The van der Waals surface area contributed by atoms with E-state index in [1.54, 1.807) is 0 Å². The summed E-state index contributed by atoms with van der Waals surface area (Å²) in [5, 5.41) is 13.2. The number of pyridine rings is 1. The Morgan fingerprint density at radius 3 is 2.81 bits per heavy atom. The standard InChI is InChI=1S/C20H21N5O/c1-4-15-12-19(25-24-15)23-18-10-13(3)9-17(22-18)14-7-6-8-16(11-14)21-20(26)5-2/h5-12H,2,4H2,1,3H3,(H,21,26)(H2,22,23,24,25). The van der Waals surface area contributed by atoms with Gasteiger partial charge in [0.1, 0.15) is 5.82 Å². The molecule has 0 saturated heterocycles. The monoisotopic (exact) mass is 347 g/mol. The summed E-state index contributed by atoms with van der Waals surface area (Å²) in [6, 6.07) is 13.5. The first-order valence-corrected chi connectivity index (χ1v) is 8.41. The summed E-state index contributed by atoms with van der Waals surface area (Å²) in [5.74, 6) is 1.21. The Morgan fingerprint density at radius 2 is 2.08 bits per heavy atom. The van der Waals surface area contributed by atoms with E-state index in [1.165, 1.54) is 6.08 Å². The molecule has 132 valence electrons. The van der Waals surface area contributed by atoms with E-state index in [4.69, 9.17) is 0 Å². The van der Waals surface area contributed by atoms with Crippen molar-refractivity contribution in [3.05, 3.63) is 66.4 Å². The van der Waals surface area contributed by atoms with Gasteiger partial charge in [0.25, 0.3) is 0 Å². The van der Waals surface area contributed by atoms with E-state index < -0.39 is 0 Å². The summed E-state index contributed by atoms with van der Waals surface area (Å²) in [5.41, 5.74) is 4.56. The van der Waals surface area contributed by atoms with Crippen LogP contribution in [-0.2, 0) is 11.2 Å². The fraction of sp³-hybridized carbons (Fsp3) is 0.150. The van der Waals surface area contributed by atoms with Gasteiger partial charge in [-0.15, -0.1) is 0 Å². The van der Waals surface area contributed by atoms with E-state index in [9.17, 15) is 4.79 Å². The van der Waals surface area contributed by atoms with Gasteiger partial charge in [0, 0.05) is 23.0 Å². The number of hydrogen-bond donors (Lipinski definition) is 3. The topological polar surface area (TPSA) is 82.7 Å². The van der Waals surface area contributed by atoms with Gasteiger partial charge < -0.3 is 10.6 Å². The molecule has 3 aromatic rings. The van der Waals surface area contributed by atoms with E-state index in [1.807, 2.05) is 49.4 Å². The van der Waals surface area contributed by atoms with Gasteiger partial charge in [0.05, 0.1) is 5.69 Å². The number of aryl methyl sites for hydroxylation is 2. The molecule has 0 unspecified atom stereocenters. The van der Waals surface area contributed by atoms with Crippen molar-refractivity contribution in [3.63, 3.8) is 0 Å². The largest absolute Gasteiger partial charge is 0.323 e. The number of benzene rings is 1. The van der Waals surface area contributed by atoms with Crippen molar-refractivity contribution >= 4 is 23.2 Å². The highest BCUT2D eigenvalue weighted by Gasteiger charge is 2.07. The molecule has 0 spiro atoms. The van der Waals surface area contributed by atoms with Crippen LogP contribution in [0.25, 0.3) is 11.3 Å². The van der Waals surface area contributed by atoms with Crippen LogP contribution in [0.1, 0.15) is 18.2 Å². The van der Waals surface area contributed by atoms with Crippen LogP contribution in [0.15, 0.2) is 55.1 Å². The summed E-state index contributed by atoms with van der Waals surface area (Å²) in [7, 11) is 0. The minimum absolute atomic E-state index is 0.244. The molecule has 0 aliphatic heterocycles. The number of hydrogen-bond acceptors (Lipinski definition) is 4. The molecule has 0 radical (unpaired) electrons. The lowest BCUT2D eigenvalue weighted by Gasteiger charge is -2.09. The second-order valence-corrected chi connectivity index (χ2v) is 5.95. The fourth-order valence-corrected chi connectivity index (χ4v) is 2.57. The van der Waals surface area contributed by atoms with Crippen molar-refractivity contribution in [2.24, 2.45) is 0 Å². The van der Waals surface area contributed by atoms with E-state index in [2.05, 4.69) is 39.3 Å². The Bertz CT molecular complexity index is 945. The second-order valence-electron chi connectivity index (χ2n) is 5.95. The lowest BCUT2D eigenvalue weighted by atomic mass is 10.1. The zero-order valence-corrected chi connectivity index (χ0v) is 14.8. The number of aromatic amines is 1. The average molecular weight is 347 g/mol. The number of carbonyl (C=O) groups excluding carboxylic acids is 1. The van der Waals surface area contributed by atoms with Crippen LogP contribution in [0.5, 0.6) is 0 Å². The SMILES string of the molecule is C=CC(=O)Nc1cccc(-c2cc(C)cc(Nc3cc(CC)[nH]n3)n2)c1. The fourth-order valence-electron chi connectivity index (χ4n) is 2.57. The molecular weight excluding hydrogens is 326 g/mol. The van der Waals surface area contributed by atoms with Crippen molar-refractivity contribution < 1.29 is 4.79 Å². The van der Waals surface area contributed by atoms with Gasteiger partial charge in [-0.2, -0.15) is 5.10 Å². The first kappa shape index (κ1) is 17.4. The number of amides is 1. The third kappa shape index (κ3) is 4.16. The van der Waals surface area contributed by atoms with Crippen molar-refractivity contribution in [2.75, 3.05) is 10.6 Å². The third-order valence-corrected chi connectivity index (χ3v) is 3.85. The van der Waals surface area contributed by atoms with E-state index in [0.29, 0.717) is 5.69 Å². The van der Waals surface area contributed by atoms with Crippen molar-refractivity contribution in [1.29, 1.82) is 0 Å². The molecule has 6 nitrogen and oxygen atoms in total. The molecule has 6 heteroatoms. The molecule has 3 rings (SSSR count). The number of aromatic nitrogens is 3. The number of nitrogens with one attached hydrogen (secondary N) is 3. The molecule has 1 aromatic carbocycles. The minimum Gasteiger partial charge on any atom is -0.323 e. The van der Waals surface area contributed by atoms with Crippen LogP contribution in [0.3, 0.4) is 0 Å². The molecule has 0 aliphatic rings. The molecule has 26 heavy (non-hydrogen) atoms. The van der Waals surface area contributed by atoms with Gasteiger partial charge in [-0.05, 0) is 49.2 Å². The zero-order valence-electron chi connectivity index (χ0n) is 14.8. The van der Waals surface area contributed by atoms with Crippen molar-refractivity contribution in [1.82, 2.24) is 15.2 Å². The molecule has 3 N–H and O–H groups in total. The number of carbonyl (C=O) groups is 1. The minimum atomic E-state index is -0.244. The van der Waals surface area contributed by atoms with Gasteiger partial charge in [-0.1, -0.05) is 25.6 Å². The highest BCUT2D eigenvalue weighted by molar-refractivity contribution is 5.99. The maximum absolute atomic E-state index is 11.5. The van der Waals surface area contributed by atoms with E-state index >= 15 is 0 Å². The smallest absolute Gasteiger partial charge is 0.247 e. The number of rotatable bonds is 6. The van der Waals surface area contributed by atoms with Crippen LogP contribution in [0.2, 0.25) is 0 Å². The highest BCUT2D eigenvalue weighted by atomic mass is 16.1. The summed E-state index contributed by atoms with van der Waals surface area (Å²) in [6.07, 6.45) is 2.14. The maximum atomic E-state index is 11.5. The number of H-pyrrole nitrogens is 1. The second kappa shape index (κ2) is 7.65. The molecule has 0 fully saturated rings. The highest BCUT2D eigenvalue weighted by Crippen LogP contribution is 2.25. The van der Waals surface area contributed by atoms with Crippen molar-refractivity contribution in [3.8, 4) is 11.3 Å². The number of nitrogens with zero attached hydrogens (tertiary/aromatic N) is 2. The Balaban J connectivity index is 1.88. The normalized spacial score (nSPS) is 10.4. The molecular formula is C20H21N5O. The van der Waals surface area contributed by atoms with Gasteiger partial charge in [0.2, 0.25) is 5.91 Å². The quantitative estimate of drug-likeness (QED) is 0.583. The average Bonchev–Trinajstić information content (AvgIpc) is 3.09. The Kier molecular flexibility index (Phi) is 5.12. The van der Waals surface area contributed by atoms with Crippen LogP contribution < -0.4 is 10.6 Å². The van der Waals surface area contributed by atoms with Crippen LogP contribution in [0.4, 0.5) is 17.3 Å². The van der Waals surface area contributed by atoms with E-state index in [0.717, 1.165) is 40.6 Å². The lowest BCUT2D eigenvalue weighted by molar-refractivity contribution is -0.111. The maximum Gasteiger partial charge on any atom is 0.247 e. The molecule has 1 amide bonds. The zero-order chi connectivity index (χ0) is 18.5. The Hall–Kier alpha value is -3.41. The lowest BCUT2D eigenvalue weighted by Crippen LogP contribution is -2.07. The summed E-state index contributed by atoms with van der Waals surface area (Å²) in [6.45, 7) is 7.55. The third-order valence-electron chi connectivity index (χ3n) is 3.85. The summed E-state index contributed by atoms with van der Waals surface area (Å²) in [4.78, 5) is 16.2. The van der Waals surface area contributed by atoms with Crippen LogP contribution in [-0.4, -0.2) is 21.1 Å². The first-order valence-electron chi connectivity index (χ1n) is 8.41. The van der Waals surface area contributed by atoms with Crippen molar-refractivity contribution in [2.45, 2.75) is 20.3 Å². The molecule has 2 heterocycles. The molecule has 2 aromatic heterocycles. The number of anilines is 3. The van der Waals surface area contributed by atoms with E-state index in [-0.39, 0.29) is 5.91 Å². The molecule has 0 aliphatic carbocycles. The van der Waals surface area contributed by atoms with Gasteiger partial charge in [-0.25, -0.2) is 4.98 Å². The molecule has 0 saturated carbocycles. The van der Waals surface area contributed by atoms with Gasteiger partial charge in [-0.3, -0.25) is 9.89 Å². The van der Waals surface area contributed by atoms with Gasteiger partial charge >= 0.3 is 0 Å². The van der Waals surface area contributed by atoms with Crippen LogP contribution >= 0.6 is 0 Å². The predicted molar refractivity (Wildman–Crippen MR) is 104 cm³/mol. The predicted octanol–water partition coefficient (Wildman–Crippen LogP) is 4.21. The summed E-state index contributed by atoms with van der Waals surface area (Å²) >= 11 is 0. The molecule has 0 atom stereocenters. The Labute approximate surface area is 152 Å². The van der Waals surface area contributed by atoms with Gasteiger partial charge in [0.15, 0.2) is 5.82 Å². The first-order chi connectivity index (χ1) is 12.6. The summed E-state index contributed by atoms with van der Waals surface area (Å²) < 4.78 is 0.